The molecule has 0 saturated heterocycles. The summed E-state index contributed by atoms with van der Waals surface area (Å²) in [6.45, 7) is 4.25. The zero-order chi connectivity index (χ0) is 15.0. The Hall–Kier alpha value is -0.810. The Balaban J connectivity index is 1.90. The fraction of sp³-hybridized carbons (Fsp3) is 0.200. The fourth-order valence-electron chi connectivity index (χ4n) is 2.04. The summed E-state index contributed by atoms with van der Waals surface area (Å²) in [7, 11) is 0. The third-order valence-electron chi connectivity index (χ3n) is 3.29. The highest BCUT2D eigenvalue weighted by Crippen LogP contribution is 2.36. The number of benzene rings is 1. The Morgan fingerprint density at radius 1 is 1.14 bits per heavy atom. The topological polar surface area (TPSA) is 25.8 Å². The number of hydrogen-bond donors (Lipinski definition) is 0. The van der Waals surface area contributed by atoms with Crippen LogP contribution >= 0.6 is 46.3 Å². The summed E-state index contributed by atoms with van der Waals surface area (Å²) in [5.41, 5.74) is 2.40. The molecule has 3 aromatic rings. The molecule has 2 aromatic heterocycles. The van der Waals surface area contributed by atoms with Crippen molar-refractivity contribution in [2.75, 3.05) is 0 Å². The maximum atomic E-state index is 6.05. The van der Waals surface area contributed by atoms with E-state index in [1.165, 1.54) is 15.8 Å². The van der Waals surface area contributed by atoms with Gasteiger partial charge in [0, 0.05) is 16.0 Å². The van der Waals surface area contributed by atoms with Crippen molar-refractivity contribution >= 4 is 56.5 Å². The maximum absolute atomic E-state index is 6.05. The molecule has 0 fully saturated rings. The molecule has 108 valence electrons. The van der Waals surface area contributed by atoms with E-state index >= 15 is 0 Å². The van der Waals surface area contributed by atoms with Gasteiger partial charge in [0.1, 0.15) is 16.2 Å². The van der Waals surface area contributed by atoms with E-state index in [0.717, 1.165) is 21.2 Å². The van der Waals surface area contributed by atoms with E-state index in [0.29, 0.717) is 10.0 Å². The van der Waals surface area contributed by atoms with Crippen LogP contribution < -0.4 is 0 Å². The van der Waals surface area contributed by atoms with Crippen LogP contribution in [0.3, 0.4) is 0 Å². The first kappa shape index (κ1) is 15.1. The van der Waals surface area contributed by atoms with Crippen LogP contribution in [0.1, 0.15) is 16.0 Å². The molecule has 3 rings (SSSR count). The third-order valence-corrected chi connectivity index (χ3v) is 6.21. The second-order valence-electron chi connectivity index (χ2n) is 4.68. The van der Waals surface area contributed by atoms with Gasteiger partial charge in [-0.2, -0.15) is 0 Å². The van der Waals surface area contributed by atoms with Crippen LogP contribution in [0.15, 0.2) is 29.6 Å². The van der Waals surface area contributed by atoms with Crippen LogP contribution in [0, 0.1) is 13.8 Å². The summed E-state index contributed by atoms with van der Waals surface area (Å²) >= 11 is 15.4. The molecule has 0 bridgehead atoms. The Kier molecular flexibility index (Phi) is 4.41. The molecule has 0 aliphatic carbocycles. The van der Waals surface area contributed by atoms with Crippen LogP contribution in [0.5, 0.6) is 0 Å². The molecule has 0 aliphatic rings. The van der Waals surface area contributed by atoms with Crippen molar-refractivity contribution in [3.8, 4) is 0 Å². The highest BCUT2D eigenvalue weighted by Gasteiger charge is 2.12. The Labute approximate surface area is 141 Å². The van der Waals surface area contributed by atoms with Gasteiger partial charge >= 0.3 is 0 Å². The summed E-state index contributed by atoms with van der Waals surface area (Å²) in [6.07, 6.45) is 1.63. The molecule has 0 aliphatic heterocycles. The van der Waals surface area contributed by atoms with Gasteiger partial charge in [0.2, 0.25) is 0 Å². The zero-order valence-corrected chi connectivity index (χ0v) is 14.6. The first-order valence-electron chi connectivity index (χ1n) is 6.33. The minimum atomic E-state index is 0.583. The number of hydrogen-bond acceptors (Lipinski definition) is 4. The van der Waals surface area contributed by atoms with Gasteiger partial charge in [-0.1, -0.05) is 29.3 Å². The van der Waals surface area contributed by atoms with E-state index in [2.05, 4.69) is 23.8 Å². The highest BCUT2D eigenvalue weighted by molar-refractivity contribution is 7.98. The largest absolute Gasteiger partial charge is 0.229 e. The number of halogens is 2. The van der Waals surface area contributed by atoms with E-state index in [9.17, 15) is 0 Å². The lowest BCUT2D eigenvalue weighted by molar-refractivity contribution is 1.10. The molecule has 1 aromatic carbocycles. The smallest absolute Gasteiger partial charge is 0.128 e. The van der Waals surface area contributed by atoms with Gasteiger partial charge in [0.15, 0.2) is 0 Å². The molecular formula is C15H12Cl2N2S2. The molecule has 0 saturated carbocycles. The molecular weight excluding hydrogens is 343 g/mol. The lowest BCUT2D eigenvalue weighted by Crippen LogP contribution is -1.87. The van der Waals surface area contributed by atoms with Crippen LogP contribution in [-0.4, -0.2) is 9.97 Å². The van der Waals surface area contributed by atoms with E-state index < -0.39 is 0 Å². The van der Waals surface area contributed by atoms with Crippen LogP contribution in [-0.2, 0) is 5.75 Å². The van der Waals surface area contributed by atoms with Crippen molar-refractivity contribution < 1.29 is 0 Å². The maximum Gasteiger partial charge on any atom is 0.128 e. The molecule has 6 heteroatoms. The molecule has 0 N–H and O–H groups in total. The van der Waals surface area contributed by atoms with Crippen LogP contribution in [0.25, 0.3) is 10.2 Å². The van der Waals surface area contributed by atoms with Gasteiger partial charge < -0.3 is 0 Å². The van der Waals surface area contributed by atoms with Gasteiger partial charge in [0.05, 0.1) is 10.0 Å². The first-order chi connectivity index (χ1) is 10.1. The van der Waals surface area contributed by atoms with Crippen molar-refractivity contribution in [3.63, 3.8) is 0 Å². The van der Waals surface area contributed by atoms with Gasteiger partial charge in [-0.3, -0.25) is 0 Å². The second kappa shape index (κ2) is 6.13. The molecule has 0 atom stereocenters. The highest BCUT2D eigenvalue weighted by atomic mass is 35.5. The van der Waals surface area contributed by atoms with Crippen molar-refractivity contribution in [1.29, 1.82) is 0 Å². The van der Waals surface area contributed by atoms with Gasteiger partial charge in [-0.05, 0) is 37.1 Å². The number of thiophene rings is 1. The van der Waals surface area contributed by atoms with Crippen molar-refractivity contribution in [3.05, 3.63) is 50.6 Å². The number of fused-ring (bicyclic) bond motifs is 1. The van der Waals surface area contributed by atoms with Gasteiger partial charge in [-0.15, -0.1) is 23.1 Å². The van der Waals surface area contributed by atoms with Crippen LogP contribution in [0.4, 0.5) is 0 Å². The van der Waals surface area contributed by atoms with E-state index in [4.69, 9.17) is 23.2 Å². The van der Waals surface area contributed by atoms with Crippen molar-refractivity contribution in [2.24, 2.45) is 0 Å². The minimum Gasteiger partial charge on any atom is -0.229 e. The molecule has 0 amide bonds. The lowest BCUT2D eigenvalue weighted by Gasteiger charge is -2.05. The summed E-state index contributed by atoms with van der Waals surface area (Å²) in [5.74, 6) is 0.803. The molecule has 0 unspecified atom stereocenters. The molecule has 2 heterocycles. The predicted octanol–water partition coefficient (Wildman–Crippen LogP) is 5.91. The lowest BCUT2D eigenvalue weighted by atomic mass is 10.2. The number of thioether (sulfide) groups is 1. The average Bonchev–Trinajstić information content (AvgIpc) is 2.76. The van der Waals surface area contributed by atoms with Gasteiger partial charge in [0.25, 0.3) is 0 Å². The summed E-state index contributed by atoms with van der Waals surface area (Å²) in [6, 6.07) is 5.72. The summed E-state index contributed by atoms with van der Waals surface area (Å²) in [5, 5.41) is 3.36. The first-order valence-corrected chi connectivity index (χ1v) is 8.89. The van der Waals surface area contributed by atoms with E-state index in [-0.39, 0.29) is 0 Å². The minimum absolute atomic E-state index is 0.583. The van der Waals surface area contributed by atoms with Gasteiger partial charge in [-0.25, -0.2) is 9.97 Å². The molecule has 21 heavy (non-hydrogen) atoms. The third kappa shape index (κ3) is 3.04. The zero-order valence-electron chi connectivity index (χ0n) is 11.5. The standard InChI is InChI=1S/C15H12Cl2N2S2/c1-8-9(2)21-15-13(8)14(18-7-19-15)20-6-10-3-4-11(16)12(17)5-10/h3-5,7H,6H2,1-2H3. The second-order valence-corrected chi connectivity index (χ2v) is 7.66. The number of aromatic nitrogens is 2. The predicted molar refractivity (Wildman–Crippen MR) is 92.9 cm³/mol. The average molecular weight is 355 g/mol. The number of rotatable bonds is 3. The molecule has 0 spiro atoms. The fourth-order valence-corrected chi connectivity index (χ4v) is 4.42. The Morgan fingerprint density at radius 2 is 1.95 bits per heavy atom. The summed E-state index contributed by atoms with van der Waals surface area (Å²) < 4.78 is 0. The number of nitrogens with zero attached hydrogens (tertiary/aromatic N) is 2. The Morgan fingerprint density at radius 3 is 2.71 bits per heavy atom. The number of aryl methyl sites for hydroxylation is 2. The molecule has 2 nitrogen and oxygen atoms in total. The van der Waals surface area contributed by atoms with Crippen LogP contribution in [0.2, 0.25) is 10.0 Å². The van der Waals surface area contributed by atoms with E-state index in [1.807, 2.05) is 18.2 Å². The molecule has 0 radical (unpaired) electrons. The Bertz CT molecular complexity index is 815. The SMILES string of the molecule is Cc1sc2ncnc(SCc3ccc(Cl)c(Cl)c3)c2c1C. The van der Waals surface area contributed by atoms with E-state index in [1.54, 1.807) is 29.4 Å². The normalized spacial score (nSPS) is 11.2. The quantitative estimate of drug-likeness (QED) is 0.432. The van der Waals surface area contributed by atoms with Crippen molar-refractivity contribution in [1.82, 2.24) is 9.97 Å². The van der Waals surface area contributed by atoms with Crippen molar-refractivity contribution in [2.45, 2.75) is 24.6 Å². The monoisotopic (exact) mass is 354 g/mol. The summed E-state index contributed by atoms with van der Waals surface area (Å²) in [4.78, 5) is 11.1.